The van der Waals surface area contributed by atoms with Crippen molar-refractivity contribution in [3.8, 4) is 28.7 Å². The first-order valence-corrected chi connectivity index (χ1v) is 11.4. The Morgan fingerprint density at radius 2 is 1.47 bits per heavy atom. The average molecular weight is 549 g/mol. The minimum Gasteiger partial charge on any atom is -0.497 e. The van der Waals surface area contributed by atoms with Crippen LogP contribution in [0.1, 0.15) is 27.2 Å². The molecule has 0 aliphatic rings. The van der Waals surface area contributed by atoms with Crippen LogP contribution in [0.4, 0.5) is 13.2 Å². The third-order valence-electron chi connectivity index (χ3n) is 5.51. The van der Waals surface area contributed by atoms with Crippen LogP contribution in [0.5, 0.6) is 28.7 Å². The topological polar surface area (TPSA) is 84.2 Å². The molecule has 4 rings (SSSR count). The molecule has 0 fully saturated rings. The molecule has 1 aromatic heterocycles. The fourth-order valence-electron chi connectivity index (χ4n) is 3.67. The summed E-state index contributed by atoms with van der Waals surface area (Å²) in [6.07, 6.45) is -5.07. The van der Waals surface area contributed by atoms with Crippen molar-refractivity contribution in [3.05, 3.63) is 86.2 Å². The van der Waals surface area contributed by atoms with Gasteiger partial charge < -0.3 is 23.4 Å². The fourth-order valence-corrected chi connectivity index (χ4v) is 3.78. The molecule has 0 aliphatic carbocycles. The maximum Gasteiger partial charge on any atom is 0.453 e. The number of esters is 1. The predicted octanol–water partition coefficient (Wildman–Crippen LogP) is 7.11. The number of ether oxygens (including phenoxy) is 4. The Kier molecular flexibility index (Phi) is 7.28. The number of hydrogen-bond donors (Lipinski definition) is 0. The third-order valence-corrected chi connectivity index (χ3v) is 6.10. The monoisotopic (exact) mass is 548 g/mol. The van der Waals surface area contributed by atoms with E-state index in [9.17, 15) is 22.8 Å². The van der Waals surface area contributed by atoms with E-state index >= 15 is 0 Å². The highest BCUT2D eigenvalue weighted by atomic mass is 35.5. The van der Waals surface area contributed by atoms with Gasteiger partial charge in [-0.1, -0.05) is 11.6 Å². The second-order valence-electron chi connectivity index (χ2n) is 8.21. The molecule has 11 heteroatoms. The van der Waals surface area contributed by atoms with Crippen molar-refractivity contribution < 1.29 is 41.3 Å². The Morgan fingerprint density at radius 1 is 0.868 bits per heavy atom. The molecule has 0 saturated carbocycles. The fraction of sp³-hybridized carbons (Fsp3) is 0.185. The summed E-state index contributed by atoms with van der Waals surface area (Å²) in [5.74, 6) is -3.02. The van der Waals surface area contributed by atoms with Crippen molar-refractivity contribution in [3.63, 3.8) is 0 Å². The normalized spacial score (nSPS) is 11.4. The number of rotatable bonds is 6. The SMILES string of the molecule is COc1cc(OC)cc(C(=O)Oc2ccc3c(=O)c(Oc4cc(C)c(Cl)c(C)c4)c(C(F)(F)F)oc3c2)c1. The maximum absolute atomic E-state index is 13.9. The summed E-state index contributed by atoms with van der Waals surface area (Å²) in [6.45, 7) is 3.31. The number of fused-ring (bicyclic) bond motifs is 1. The first-order valence-electron chi connectivity index (χ1n) is 11.0. The van der Waals surface area contributed by atoms with E-state index in [-0.39, 0.29) is 22.4 Å². The number of methoxy groups -OCH3 is 2. The van der Waals surface area contributed by atoms with Gasteiger partial charge >= 0.3 is 12.1 Å². The second-order valence-corrected chi connectivity index (χ2v) is 8.59. The van der Waals surface area contributed by atoms with E-state index in [1.807, 2.05) is 0 Å². The lowest BCUT2D eigenvalue weighted by atomic mass is 10.1. The molecular formula is C27H20ClF3O7. The molecule has 0 radical (unpaired) electrons. The predicted molar refractivity (Wildman–Crippen MR) is 133 cm³/mol. The van der Waals surface area contributed by atoms with Gasteiger partial charge in [0.05, 0.1) is 25.2 Å². The largest absolute Gasteiger partial charge is 0.497 e. The minimum absolute atomic E-state index is 0.0131. The van der Waals surface area contributed by atoms with Crippen LogP contribution in [-0.4, -0.2) is 20.2 Å². The number of carbonyl (C=O) groups excluding carboxylic acids is 1. The lowest BCUT2D eigenvalue weighted by Crippen LogP contribution is -2.16. The molecule has 198 valence electrons. The Balaban J connectivity index is 1.75. The highest BCUT2D eigenvalue weighted by Gasteiger charge is 2.40. The molecule has 1 heterocycles. The number of benzene rings is 3. The van der Waals surface area contributed by atoms with Crippen molar-refractivity contribution in [1.29, 1.82) is 0 Å². The van der Waals surface area contributed by atoms with Crippen molar-refractivity contribution >= 4 is 28.5 Å². The summed E-state index contributed by atoms with van der Waals surface area (Å²) in [5.41, 5.74) is -0.331. The van der Waals surface area contributed by atoms with Crippen LogP contribution in [0.25, 0.3) is 11.0 Å². The Bertz CT molecular complexity index is 1560. The summed E-state index contributed by atoms with van der Waals surface area (Å²) in [5, 5.41) is 0.215. The maximum atomic E-state index is 13.9. The number of alkyl halides is 3. The quantitative estimate of drug-likeness (QED) is 0.187. The lowest BCUT2D eigenvalue weighted by Gasteiger charge is -2.15. The van der Waals surface area contributed by atoms with E-state index < -0.39 is 34.7 Å². The standard InChI is InChI=1S/C27H20ClF3O7/c1-13-7-19(8-14(2)22(13)28)36-24-23(32)20-6-5-16(12-21(20)38-25(24)27(29,30)31)37-26(33)15-9-17(34-3)11-18(10-15)35-4/h5-12H,1-4H3. The van der Waals surface area contributed by atoms with Crippen molar-refractivity contribution in [2.45, 2.75) is 20.0 Å². The zero-order valence-corrected chi connectivity index (χ0v) is 21.2. The molecule has 38 heavy (non-hydrogen) atoms. The molecule has 0 spiro atoms. The van der Waals surface area contributed by atoms with Gasteiger partial charge in [0.1, 0.15) is 28.6 Å². The van der Waals surface area contributed by atoms with Crippen molar-refractivity contribution in [2.75, 3.05) is 14.2 Å². The molecule has 4 aromatic rings. The smallest absolute Gasteiger partial charge is 0.453 e. The van der Waals surface area contributed by atoms with Crippen molar-refractivity contribution in [2.24, 2.45) is 0 Å². The molecule has 0 atom stereocenters. The Hall–Kier alpha value is -4.18. The molecular weight excluding hydrogens is 529 g/mol. The molecule has 0 saturated heterocycles. The van der Waals surface area contributed by atoms with Gasteiger partial charge in [-0.2, -0.15) is 13.2 Å². The van der Waals surface area contributed by atoms with Gasteiger partial charge in [0.15, 0.2) is 0 Å². The lowest BCUT2D eigenvalue weighted by molar-refractivity contribution is -0.154. The number of hydrogen-bond acceptors (Lipinski definition) is 7. The molecule has 0 amide bonds. The molecule has 3 aromatic carbocycles. The number of carbonyl (C=O) groups is 1. The minimum atomic E-state index is -5.07. The first-order chi connectivity index (χ1) is 17.9. The van der Waals surface area contributed by atoms with E-state index in [1.165, 1.54) is 50.6 Å². The highest BCUT2D eigenvalue weighted by Crippen LogP contribution is 2.39. The summed E-state index contributed by atoms with van der Waals surface area (Å²) in [7, 11) is 2.81. The van der Waals surface area contributed by atoms with Crippen LogP contribution in [-0.2, 0) is 6.18 Å². The van der Waals surface area contributed by atoms with Gasteiger partial charge in [-0.25, -0.2) is 4.79 Å². The summed E-state index contributed by atoms with van der Waals surface area (Å²) >= 11 is 6.12. The van der Waals surface area contributed by atoms with Crippen molar-refractivity contribution in [1.82, 2.24) is 0 Å². The molecule has 0 unspecified atom stereocenters. The van der Waals surface area contributed by atoms with Crippen LogP contribution >= 0.6 is 11.6 Å². The second kappa shape index (κ2) is 10.3. The van der Waals surface area contributed by atoms with E-state index in [0.29, 0.717) is 27.6 Å². The zero-order chi connectivity index (χ0) is 27.8. The van der Waals surface area contributed by atoms with Gasteiger partial charge in [0, 0.05) is 17.2 Å². The van der Waals surface area contributed by atoms with Gasteiger partial charge in [-0.15, -0.1) is 0 Å². The molecule has 0 N–H and O–H groups in total. The van der Waals surface area contributed by atoms with Gasteiger partial charge in [-0.3, -0.25) is 4.79 Å². The molecule has 0 aliphatic heterocycles. The van der Waals surface area contributed by atoms with E-state index in [1.54, 1.807) is 19.9 Å². The van der Waals surface area contributed by atoms with Crippen LogP contribution in [0.15, 0.2) is 57.7 Å². The van der Waals surface area contributed by atoms with Crippen LogP contribution in [0.2, 0.25) is 5.02 Å². The van der Waals surface area contributed by atoms with E-state index in [2.05, 4.69) is 0 Å². The van der Waals surface area contributed by atoms with Crippen LogP contribution in [0, 0.1) is 13.8 Å². The number of aryl methyl sites for hydroxylation is 2. The zero-order valence-electron chi connectivity index (χ0n) is 20.5. The van der Waals surface area contributed by atoms with Gasteiger partial charge in [0.25, 0.3) is 5.76 Å². The molecule has 0 bridgehead atoms. The van der Waals surface area contributed by atoms with E-state index in [0.717, 1.165) is 6.07 Å². The Labute approximate surface area is 219 Å². The average Bonchev–Trinajstić information content (AvgIpc) is 2.87. The summed E-state index contributed by atoms with van der Waals surface area (Å²) < 4.78 is 67.8. The van der Waals surface area contributed by atoms with E-state index in [4.69, 9.17) is 35.0 Å². The summed E-state index contributed by atoms with van der Waals surface area (Å²) in [6, 6.07) is 10.6. The number of halogens is 4. The van der Waals surface area contributed by atoms with Gasteiger partial charge in [-0.05, 0) is 61.4 Å². The van der Waals surface area contributed by atoms with Crippen LogP contribution in [0.3, 0.4) is 0 Å². The summed E-state index contributed by atoms with van der Waals surface area (Å²) in [4.78, 5) is 25.8. The molecule has 7 nitrogen and oxygen atoms in total. The Morgan fingerprint density at radius 3 is 2.03 bits per heavy atom. The van der Waals surface area contributed by atoms with Crippen LogP contribution < -0.4 is 24.4 Å². The highest BCUT2D eigenvalue weighted by molar-refractivity contribution is 6.32. The third kappa shape index (κ3) is 5.40. The first kappa shape index (κ1) is 26.9. The van der Waals surface area contributed by atoms with Gasteiger partial charge in [0.2, 0.25) is 11.2 Å².